The first-order valence-corrected chi connectivity index (χ1v) is 18.9. The van der Waals surface area contributed by atoms with Crippen molar-refractivity contribution in [3.8, 4) is 0 Å². The summed E-state index contributed by atoms with van der Waals surface area (Å²) in [5, 5.41) is 9.11. The van der Waals surface area contributed by atoms with Crippen LogP contribution in [0.15, 0.2) is 47.7 Å². The van der Waals surface area contributed by atoms with E-state index in [4.69, 9.17) is 0 Å². The number of hydrogen-bond donors (Lipinski definition) is 2. The van der Waals surface area contributed by atoms with Crippen LogP contribution >= 0.6 is 0 Å². The molecule has 6 heterocycles. The smallest absolute Gasteiger partial charge is 0.329 e. The van der Waals surface area contributed by atoms with Crippen LogP contribution in [0.1, 0.15) is 91.6 Å². The van der Waals surface area contributed by atoms with Gasteiger partial charge >= 0.3 is 5.69 Å². The van der Waals surface area contributed by atoms with E-state index in [1.54, 1.807) is 30.9 Å². The molecule has 2 N–H and O–H groups in total. The number of halogens is 2. The van der Waals surface area contributed by atoms with E-state index in [1.165, 1.54) is 26.0 Å². The van der Waals surface area contributed by atoms with E-state index in [1.807, 2.05) is 18.2 Å². The number of carbonyl (C=O) groups excluding carboxylic acids is 3. The number of anilines is 2. The number of aromatic nitrogens is 7. The topological polar surface area (TPSA) is 157 Å². The van der Waals surface area contributed by atoms with Gasteiger partial charge in [0.2, 0.25) is 11.8 Å². The Hall–Kier alpha value is -5.45. The van der Waals surface area contributed by atoms with Gasteiger partial charge in [0.1, 0.15) is 23.1 Å². The molecular formula is C38H45F2N11O4. The summed E-state index contributed by atoms with van der Waals surface area (Å²) in [6.07, 6.45) is 7.65. The lowest BCUT2D eigenvalue weighted by Gasteiger charge is -2.40. The number of piperidine rings is 2. The summed E-state index contributed by atoms with van der Waals surface area (Å²) < 4.78 is 34.7. The molecule has 2 aliphatic heterocycles. The zero-order valence-corrected chi connectivity index (χ0v) is 31.1. The third-order valence-electron chi connectivity index (χ3n) is 11.9. The number of amides is 3. The maximum absolute atomic E-state index is 14.3. The first kappa shape index (κ1) is 36.5. The standard InChI is InChI=1S/C38H45F2N11O4/c1-46(24-14-18-49(19-15-24)26-6-4-7-27-30(26)48(3)38(55)51(27)28-12-13-29(52)43-37(28)54)21-22-8-10-23(11-9-22)34-44-33(31(32(39)40)47(34)2)45-36(53)25-20-42-50-17-5-16-41-35(25)50/h4-7,16-17,20,22-24,28,32H,8-15,18-19,21H2,1-3H3,(H,45,53)(H,43,52,54). The summed E-state index contributed by atoms with van der Waals surface area (Å²) in [7, 11) is 5.51. The van der Waals surface area contributed by atoms with Crippen LogP contribution in [-0.2, 0) is 23.7 Å². The van der Waals surface area contributed by atoms with Crippen molar-refractivity contribution in [3.05, 3.63) is 70.4 Å². The molecule has 0 spiro atoms. The highest BCUT2D eigenvalue weighted by Gasteiger charge is 2.34. The van der Waals surface area contributed by atoms with Crippen LogP contribution in [-0.4, -0.2) is 88.6 Å². The highest BCUT2D eigenvalue weighted by atomic mass is 19.3. The second-order valence-corrected chi connectivity index (χ2v) is 15.2. The van der Waals surface area contributed by atoms with E-state index in [-0.39, 0.29) is 41.0 Å². The molecule has 2 saturated heterocycles. The average Bonchev–Trinajstić information content (AvgIpc) is 3.83. The number of para-hydroxylation sites is 1. The Morgan fingerprint density at radius 1 is 1.02 bits per heavy atom. The minimum absolute atomic E-state index is 0.000109. The van der Waals surface area contributed by atoms with E-state index >= 15 is 0 Å². The molecule has 8 rings (SSSR count). The summed E-state index contributed by atoms with van der Waals surface area (Å²) in [5.74, 6) is -0.465. The van der Waals surface area contributed by atoms with Crippen LogP contribution in [0.3, 0.4) is 0 Å². The largest absolute Gasteiger partial charge is 0.370 e. The molecule has 17 heteroatoms. The summed E-state index contributed by atoms with van der Waals surface area (Å²) in [4.78, 5) is 64.6. The Morgan fingerprint density at radius 2 is 1.78 bits per heavy atom. The van der Waals surface area contributed by atoms with Gasteiger partial charge in [-0.05, 0) is 76.1 Å². The quantitative estimate of drug-likeness (QED) is 0.211. The van der Waals surface area contributed by atoms with Crippen LogP contribution in [0.2, 0.25) is 0 Å². The maximum atomic E-state index is 14.3. The van der Waals surface area contributed by atoms with Crippen molar-refractivity contribution in [2.24, 2.45) is 20.0 Å². The third kappa shape index (κ3) is 6.67. The van der Waals surface area contributed by atoms with E-state index in [0.717, 1.165) is 69.4 Å². The minimum Gasteiger partial charge on any atom is -0.370 e. The number of aryl methyl sites for hydroxylation is 1. The molecule has 1 unspecified atom stereocenters. The Bertz CT molecular complexity index is 2330. The molecule has 15 nitrogen and oxygen atoms in total. The number of carbonyl (C=O) groups is 3. The number of benzene rings is 1. The summed E-state index contributed by atoms with van der Waals surface area (Å²) in [5.41, 5.74) is 2.35. The fraction of sp³-hybridized carbons (Fsp3) is 0.500. The van der Waals surface area contributed by atoms with Crippen LogP contribution in [0.5, 0.6) is 0 Å². The normalized spacial score (nSPS) is 21.3. The maximum Gasteiger partial charge on any atom is 0.329 e. The molecule has 0 bridgehead atoms. The number of rotatable bonds is 9. The van der Waals surface area contributed by atoms with E-state index in [2.05, 4.69) is 42.5 Å². The van der Waals surface area contributed by atoms with Crippen molar-refractivity contribution < 1.29 is 23.2 Å². The van der Waals surface area contributed by atoms with E-state index in [9.17, 15) is 28.0 Å². The zero-order chi connectivity index (χ0) is 38.5. The van der Waals surface area contributed by atoms with Gasteiger partial charge in [-0.1, -0.05) is 6.07 Å². The van der Waals surface area contributed by atoms with Crippen molar-refractivity contribution in [1.29, 1.82) is 0 Å². The van der Waals surface area contributed by atoms with E-state index in [0.29, 0.717) is 35.4 Å². The van der Waals surface area contributed by atoms with Crippen LogP contribution < -0.4 is 21.2 Å². The van der Waals surface area contributed by atoms with Gasteiger partial charge in [0.15, 0.2) is 11.5 Å². The lowest BCUT2D eigenvalue weighted by atomic mass is 9.81. The van der Waals surface area contributed by atoms with Crippen molar-refractivity contribution in [3.63, 3.8) is 0 Å². The summed E-state index contributed by atoms with van der Waals surface area (Å²) in [6, 6.07) is 7.16. The van der Waals surface area contributed by atoms with Crippen molar-refractivity contribution in [1.82, 2.24) is 43.5 Å². The summed E-state index contributed by atoms with van der Waals surface area (Å²) in [6.45, 7) is 2.57. The molecule has 1 saturated carbocycles. The molecule has 3 aliphatic rings. The molecule has 3 amide bonds. The van der Waals surface area contributed by atoms with Gasteiger partial charge in [-0.3, -0.25) is 28.8 Å². The Morgan fingerprint density at radius 3 is 2.51 bits per heavy atom. The van der Waals surface area contributed by atoms with Gasteiger partial charge in [0.25, 0.3) is 12.3 Å². The van der Waals surface area contributed by atoms with Crippen LogP contribution in [0, 0.1) is 5.92 Å². The van der Waals surface area contributed by atoms with Gasteiger partial charge in [-0.15, -0.1) is 0 Å². The van der Waals surface area contributed by atoms with Crippen LogP contribution in [0.25, 0.3) is 16.7 Å². The van der Waals surface area contributed by atoms with Crippen molar-refractivity contribution in [2.75, 3.05) is 36.9 Å². The fourth-order valence-corrected chi connectivity index (χ4v) is 9.01. The van der Waals surface area contributed by atoms with Gasteiger partial charge in [0.05, 0.1) is 22.9 Å². The third-order valence-corrected chi connectivity index (χ3v) is 11.9. The molecule has 290 valence electrons. The predicted molar refractivity (Wildman–Crippen MR) is 200 cm³/mol. The minimum atomic E-state index is -2.82. The molecule has 0 radical (unpaired) electrons. The van der Waals surface area contributed by atoms with E-state index < -0.39 is 24.3 Å². The first-order valence-electron chi connectivity index (χ1n) is 18.9. The molecule has 4 aromatic heterocycles. The Kier molecular flexibility index (Phi) is 9.73. The second kappa shape index (κ2) is 14.7. The number of hydrogen-bond acceptors (Lipinski definition) is 9. The van der Waals surface area contributed by atoms with Gasteiger partial charge in [-0.2, -0.15) is 5.10 Å². The fourth-order valence-electron chi connectivity index (χ4n) is 9.01. The highest BCUT2D eigenvalue weighted by Crippen LogP contribution is 2.39. The van der Waals surface area contributed by atoms with Gasteiger partial charge < -0.3 is 19.7 Å². The predicted octanol–water partition coefficient (Wildman–Crippen LogP) is 4.16. The molecule has 1 atom stereocenters. The van der Waals surface area contributed by atoms with Crippen LogP contribution in [0.4, 0.5) is 20.3 Å². The van der Waals surface area contributed by atoms with Crippen molar-refractivity contribution in [2.45, 2.75) is 75.8 Å². The Labute approximate surface area is 315 Å². The van der Waals surface area contributed by atoms with Crippen molar-refractivity contribution >= 4 is 45.9 Å². The summed E-state index contributed by atoms with van der Waals surface area (Å²) >= 11 is 0. The molecular weight excluding hydrogens is 712 g/mol. The molecule has 1 aromatic carbocycles. The second-order valence-electron chi connectivity index (χ2n) is 15.2. The number of imide groups is 1. The lowest BCUT2D eigenvalue weighted by molar-refractivity contribution is -0.135. The first-order chi connectivity index (χ1) is 26.5. The number of imidazole rings is 2. The number of nitrogens with zero attached hydrogens (tertiary/aromatic N) is 9. The zero-order valence-electron chi connectivity index (χ0n) is 31.1. The number of fused-ring (bicyclic) bond motifs is 2. The monoisotopic (exact) mass is 757 g/mol. The molecule has 3 fully saturated rings. The highest BCUT2D eigenvalue weighted by molar-refractivity contribution is 6.08. The number of nitrogens with one attached hydrogen (secondary N) is 2. The molecule has 5 aromatic rings. The Balaban J connectivity index is 0.881. The average molecular weight is 758 g/mol. The molecule has 55 heavy (non-hydrogen) atoms. The SMILES string of the molecule is CN(CC1CCC(c2nc(NC(=O)c3cnn4cccnc34)c(C(F)F)n2C)CC1)C1CCN(c2cccc3c2n(C)c(=O)n3C2CCC(=O)NC2=O)CC1. The van der Waals surface area contributed by atoms with Gasteiger partial charge in [-0.25, -0.2) is 28.1 Å². The lowest BCUT2D eigenvalue weighted by Crippen LogP contribution is -2.45. The van der Waals surface area contributed by atoms with Gasteiger partial charge in [0, 0.05) is 64.5 Å². The number of alkyl halides is 2. The molecule has 1 aliphatic carbocycles.